The molecule has 0 heterocycles. The molecule has 1 aliphatic carbocycles. The monoisotopic (exact) mass is 229 g/mol. The topological polar surface area (TPSA) is 92.7 Å². The van der Waals surface area contributed by atoms with Crippen LogP contribution in [0.2, 0.25) is 0 Å². The number of aliphatic carboxylic acids is 1. The van der Waals surface area contributed by atoms with Gasteiger partial charge in [0.25, 0.3) is 0 Å². The van der Waals surface area contributed by atoms with Gasteiger partial charge in [0, 0.05) is 5.92 Å². The van der Waals surface area contributed by atoms with E-state index < -0.39 is 17.9 Å². The van der Waals surface area contributed by atoms with E-state index in [9.17, 15) is 14.4 Å². The van der Waals surface area contributed by atoms with E-state index in [1.807, 2.05) is 0 Å². The highest BCUT2D eigenvalue weighted by atomic mass is 16.5. The fraction of sp³-hybridized carbons (Fsp3) is 0.700. The molecule has 1 amide bonds. The lowest BCUT2D eigenvalue weighted by Crippen LogP contribution is -2.34. The summed E-state index contributed by atoms with van der Waals surface area (Å²) in [4.78, 5) is 33.0. The van der Waals surface area contributed by atoms with Gasteiger partial charge in [0.1, 0.15) is 6.54 Å². The Labute approximate surface area is 93.0 Å². The quantitative estimate of drug-likeness (QED) is 0.650. The van der Waals surface area contributed by atoms with Crippen molar-refractivity contribution in [2.75, 3.05) is 13.7 Å². The highest BCUT2D eigenvalue weighted by molar-refractivity contribution is 5.84. The minimum atomic E-state index is -0.858. The van der Waals surface area contributed by atoms with Crippen LogP contribution in [0.3, 0.4) is 0 Å². The summed E-state index contributed by atoms with van der Waals surface area (Å²) in [5, 5.41) is 11.2. The predicted octanol–water partition coefficient (Wildman–Crippen LogP) is -0.224. The van der Waals surface area contributed by atoms with Gasteiger partial charge in [-0.2, -0.15) is 0 Å². The summed E-state index contributed by atoms with van der Waals surface area (Å²) in [6.07, 6.45) is 1.43. The first-order valence-electron chi connectivity index (χ1n) is 5.12. The highest BCUT2D eigenvalue weighted by Gasteiger charge is 2.33. The van der Waals surface area contributed by atoms with E-state index in [-0.39, 0.29) is 18.4 Å². The predicted molar refractivity (Wildman–Crippen MR) is 53.5 cm³/mol. The molecule has 0 unspecified atom stereocenters. The van der Waals surface area contributed by atoms with Crippen molar-refractivity contribution in [3.63, 3.8) is 0 Å². The van der Waals surface area contributed by atoms with Crippen LogP contribution in [0.1, 0.15) is 19.3 Å². The number of ether oxygens (including phenoxy) is 1. The number of esters is 1. The minimum Gasteiger partial charge on any atom is -0.481 e. The molecule has 0 radical (unpaired) electrons. The number of carboxylic acids is 1. The minimum absolute atomic E-state index is 0.163. The summed E-state index contributed by atoms with van der Waals surface area (Å²) in [5.74, 6) is -2.38. The van der Waals surface area contributed by atoms with Crippen molar-refractivity contribution in [3.8, 4) is 0 Å². The molecule has 16 heavy (non-hydrogen) atoms. The van der Waals surface area contributed by atoms with Crippen molar-refractivity contribution in [1.29, 1.82) is 0 Å². The summed E-state index contributed by atoms with van der Waals surface area (Å²) in [6, 6.07) is 0. The Morgan fingerprint density at radius 3 is 2.44 bits per heavy atom. The molecular weight excluding hydrogens is 214 g/mol. The average Bonchev–Trinajstić information content (AvgIpc) is 2.74. The van der Waals surface area contributed by atoms with E-state index in [1.165, 1.54) is 7.11 Å². The summed E-state index contributed by atoms with van der Waals surface area (Å²) in [7, 11) is 1.24. The number of carbonyl (C=O) groups excluding carboxylic acids is 2. The number of methoxy groups -OCH3 is 1. The first-order valence-corrected chi connectivity index (χ1v) is 5.12. The van der Waals surface area contributed by atoms with Gasteiger partial charge in [-0.15, -0.1) is 0 Å². The molecule has 2 N–H and O–H groups in total. The largest absolute Gasteiger partial charge is 0.481 e. The molecule has 1 fully saturated rings. The first-order chi connectivity index (χ1) is 7.54. The number of rotatable bonds is 4. The van der Waals surface area contributed by atoms with E-state index in [1.54, 1.807) is 0 Å². The molecule has 1 saturated carbocycles. The maximum absolute atomic E-state index is 11.5. The van der Waals surface area contributed by atoms with Gasteiger partial charge in [0.15, 0.2) is 0 Å². The van der Waals surface area contributed by atoms with Crippen LogP contribution < -0.4 is 5.32 Å². The van der Waals surface area contributed by atoms with Crippen LogP contribution in [0, 0.1) is 11.8 Å². The van der Waals surface area contributed by atoms with Gasteiger partial charge < -0.3 is 15.2 Å². The lowest BCUT2D eigenvalue weighted by atomic mass is 10.0. The lowest BCUT2D eigenvalue weighted by Gasteiger charge is -2.09. The Morgan fingerprint density at radius 2 is 1.94 bits per heavy atom. The van der Waals surface area contributed by atoms with Crippen LogP contribution in [0.15, 0.2) is 0 Å². The highest BCUT2D eigenvalue weighted by Crippen LogP contribution is 2.30. The van der Waals surface area contributed by atoms with Gasteiger partial charge in [0.2, 0.25) is 5.91 Å². The van der Waals surface area contributed by atoms with E-state index in [4.69, 9.17) is 5.11 Å². The maximum atomic E-state index is 11.5. The molecule has 6 heteroatoms. The zero-order valence-corrected chi connectivity index (χ0v) is 9.06. The third kappa shape index (κ3) is 3.22. The van der Waals surface area contributed by atoms with Gasteiger partial charge in [-0.25, -0.2) is 0 Å². The van der Waals surface area contributed by atoms with Crippen LogP contribution in [0.25, 0.3) is 0 Å². The molecule has 0 saturated heterocycles. The van der Waals surface area contributed by atoms with Crippen molar-refractivity contribution in [1.82, 2.24) is 5.32 Å². The number of hydrogen-bond donors (Lipinski definition) is 2. The van der Waals surface area contributed by atoms with Gasteiger partial charge in [-0.1, -0.05) is 0 Å². The zero-order chi connectivity index (χ0) is 12.1. The first kappa shape index (κ1) is 12.5. The molecule has 1 rings (SSSR count). The molecule has 0 aromatic rings. The Balaban J connectivity index is 2.34. The molecule has 0 bridgehead atoms. The summed E-state index contributed by atoms with van der Waals surface area (Å²) in [5.41, 5.74) is 0. The van der Waals surface area contributed by atoms with Crippen molar-refractivity contribution >= 4 is 17.8 Å². The Hall–Kier alpha value is -1.59. The van der Waals surface area contributed by atoms with Crippen LogP contribution in [0.5, 0.6) is 0 Å². The third-order valence-electron chi connectivity index (χ3n) is 2.79. The van der Waals surface area contributed by atoms with Crippen LogP contribution in [-0.4, -0.2) is 36.6 Å². The van der Waals surface area contributed by atoms with E-state index in [2.05, 4.69) is 10.1 Å². The number of nitrogens with one attached hydrogen (secondary N) is 1. The number of carbonyl (C=O) groups is 3. The summed E-state index contributed by atoms with van der Waals surface area (Å²) < 4.78 is 4.37. The molecule has 90 valence electrons. The van der Waals surface area contributed by atoms with E-state index in [0.717, 1.165) is 0 Å². The van der Waals surface area contributed by atoms with Gasteiger partial charge >= 0.3 is 11.9 Å². The summed E-state index contributed by atoms with van der Waals surface area (Å²) in [6.45, 7) is -0.163. The fourth-order valence-corrected chi connectivity index (χ4v) is 1.82. The molecule has 0 aromatic carbocycles. The molecule has 2 atom stereocenters. The smallest absolute Gasteiger partial charge is 0.325 e. The second-order valence-electron chi connectivity index (χ2n) is 3.84. The maximum Gasteiger partial charge on any atom is 0.325 e. The summed E-state index contributed by atoms with van der Waals surface area (Å²) >= 11 is 0. The molecule has 6 nitrogen and oxygen atoms in total. The SMILES string of the molecule is COC(=O)CNC(=O)[C@@H]1CC[C@H](C(=O)O)C1. The van der Waals surface area contributed by atoms with Crippen molar-refractivity contribution in [3.05, 3.63) is 0 Å². The lowest BCUT2D eigenvalue weighted by molar-refractivity contribution is -0.143. The van der Waals surface area contributed by atoms with Crippen LogP contribution in [-0.2, 0) is 19.1 Å². The Kier molecular flexibility index (Phi) is 4.28. The second kappa shape index (κ2) is 5.48. The molecule has 1 aliphatic rings. The zero-order valence-electron chi connectivity index (χ0n) is 9.06. The molecule has 0 aromatic heterocycles. The number of carboxylic acid groups (broad SMARTS) is 1. The van der Waals surface area contributed by atoms with E-state index >= 15 is 0 Å². The fourth-order valence-electron chi connectivity index (χ4n) is 1.82. The standard InChI is InChI=1S/C10H15NO5/c1-16-8(12)5-11-9(13)6-2-3-7(4-6)10(14)15/h6-7H,2-5H2,1H3,(H,11,13)(H,14,15)/t6-,7+/m1/s1. The van der Waals surface area contributed by atoms with Gasteiger partial charge in [0.05, 0.1) is 13.0 Å². The van der Waals surface area contributed by atoms with Crippen molar-refractivity contribution in [2.45, 2.75) is 19.3 Å². The Morgan fingerprint density at radius 1 is 1.31 bits per heavy atom. The molecule has 0 spiro atoms. The van der Waals surface area contributed by atoms with Crippen LogP contribution in [0.4, 0.5) is 0 Å². The second-order valence-corrected chi connectivity index (χ2v) is 3.84. The van der Waals surface area contributed by atoms with Crippen LogP contribution >= 0.6 is 0 Å². The van der Waals surface area contributed by atoms with E-state index in [0.29, 0.717) is 19.3 Å². The van der Waals surface area contributed by atoms with Crippen molar-refractivity contribution < 1.29 is 24.2 Å². The third-order valence-corrected chi connectivity index (χ3v) is 2.79. The number of hydrogen-bond acceptors (Lipinski definition) is 4. The Bertz CT molecular complexity index is 302. The number of amides is 1. The normalized spacial score (nSPS) is 23.8. The average molecular weight is 229 g/mol. The molecule has 0 aliphatic heterocycles. The molecular formula is C10H15NO5. The van der Waals surface area contributed by atoms with Crippen molar-refractivity contribution in [2.24, 2.45) is 11.8 Å². The van der Waals surface area contributed by atoms with Gasteiger partial charge in [-0.05, 0) is 19.3 Å². The van der Waals surface area contributed by atoms with Gasteiger partial charge in [-0.3, -0.25) is 14.4 Å².